The molecule has 3 aromatic rings. The maximum atomic E-state index is 5.90. The second-order valence-electron chi connectivity index (χ2n) is 5.66. The molecule has 1 aromatic heterocycles. The highest BCUT2D eigenvalue weighted by Crippen LogP contribution is 2.41. The van der Waals surface area contributed by atoms with Gasteiger partial charge in [0.05, 0.1) is 12.8 Å². The molecule has 0 N–H and O–H groups in total. The summed E-state index contributed by atoms with van der Waals surface area (Å²) < 4.78 is 13.5. The third-order valence-corrected chi connectivity index (χ3v) is 4.40. The van der Waals surface area contributed by atoms with Gasteiger partial charge in [0, 0.05) is 23.4 Å². The van der Waals surface area contributed by atoms with Crippen molar-refractivity contribution in [3.05, 3.63) is 60.2 Å². The minimum Gasteiger partial charge on any atom is -0.497 e. The molecule has 0 atom stereocenters. The number of hydrogen-bond donors (Lipinski definition) is 0. The van der Waals surface area contributed by atoms with Gasteiger partial charge < -0.3 is 14.0 Å². The quantitative estimate of drug-likeness (QED) is 0.697. The molecule has 1 aliphatic heterocycles. The molecular formula is C20H19NO2. The van der Waals surface area contributed by atoms with Crippen LogP contribution < -0.4 is 9.47 Å². The number of aromatic nitrogens is 1. The van der Waals surface area contributed by atoms with Gasteiger partial charge in [0.25, 0.3) is 0 Å². The lowest BCUT2D eigenvalue weighted by molar-refractivity contribution is 0.301. The summed E-state index contributed by atoms with van der Waals surface area (Å²) in [7, 11) is 1.69. The van der Waals surface area contributed by atoms with E-state index in [0.29, 0.717) is 6.61 Å². The predicted octanol–water partition coefficient (Wildman–Crippen LogP) is 4.74. The van der Waals surface area contributed by atoms with Crippen LogP contribution in [0.15, 0.2) is 54.6 Å². The average molecular weight is 305 g/mol. The molecular weight excluding hydrogens is 286 g/mol. The molecule has 2 aromatic carbocycles. The van der Waals surface area contributed by atoms with Crippen molar-refractivity contribution < 1.29 is 9.47 Å². The third kappa shape index (κ3) is 2.20. The standard InChI is InChI=1S/C20H19NO2/c1-3-21-18(14-8-10-16(22-2)11-9-14)12-15-13-23-19-7-5-4-6-17(19)20(15)21/h4-12H,3,13H2,1-2H3. The number of benzene rings is 2. The van der Waals surface area contributed by atoms with Gasteiger partial charge in [0.15, 0.2) is 0 Å². The van der Waals surface area contributed by atoms with Gasteiger partial charge in [-0.2, -0.15) is 0 Å². The van der Waals surface area contributed by atoms with E-state index in [1.54, 1.807) is 7.11 Å². The zero-order valence-corrected chi connectivity index (χ0v) is 13.4. The van der Waals surface area contributed by atoms with Crippen molar-refractivity contribution in [1.82, 2.24) is 4.57 Å². The molecule has 23 heavy (non-hydrogen) atoms. The maximum absolute atomic E-state index is 5.90. The summed E-state index contributed by atoms with van der Waals surface area (Å²) >= 11 is 0. The number of hydrogen-bond acceptors (Lipinski definition) is 2. The van der Waals surface area contributed by atoms with E-state index in [0.717, 1.165) is 18.0 Å². The Balaban J connectivity index is 1.89. The molecule has 3 nitrogen and oxygen atoms in total. The van der Waals surface area contributed by atoms with Crippen molar-refractivity contribution in [3.8, 4) is 34.0 Å². The topological polar surface area (TPSA) is 23.4 Å². The molecule has 3 heteroatoms. The van der Waals surface area contributed by atoms with E-state index < -0.39 is 0 Å². The Morgan fingerprint density at radius 3 is 2.61 bits per heavy atom. The Hall–Kier alpha value is -2.68. The summed E-state index contributed by atoms with van der Waals surface area (Å²) in [6.45, 7) is 3.74. The van der Waals surface area contributed by atoms with Crippen molar-refractivity contribution in [2.24, 2.45) is 0 Å². The van der Waals surface area contributed by atoms with Crippen molar-refractivity contribution >= 4 is 0 Å². The molecule has 4 rings (SSSR count). The van der Waals surface area contributed by atoms with Crippen LogP contribution in [0.3, 0.4) is 0 Å². The van der Waals surface area contributed by atoms with E-state index in [1.165, 1.54) is 28.1 Å². The van der Waals surface area contributed by atoms with Gasteiger partial charge in [0.2, 0.25) is 0 Å². The summed E-state index contributed by atoms with van der Waals surface area (Å²) in [5.41, 5.74) is 6.12. The van der Waals surface area contributed by atoms with E-state index in [2.05, 4.69) is 41.8 Å². The molecule has 0 bridgehead atoms. The second-order valence-corrected chi connectivity index (χ2v) is 5.66. The maximum Gasteiger partial charge on any atom is 0.129 e. The van der Waals surface area contributed by atoms with Crippen LogP contribution in [0.4, 0.5) is 0 Å². The Labute approximate surface area is 136 Å². The minimum atomic E-state index is 0.627. The Morgan fingerprint density at radius 1 is 1.09 bits per heavy atom. The first-order chi connectivity index (χ1) is 11.3. The summed E-state index contributed by atoms with van der Waals surface area (Å²) in [6, 6.07) is 18.7. The fraction of sp³-hybridized carbons (Fsp3) is 0.200. The fourth-order valence-electron chi connectivity index (χ4n) is 3.31. The van der Waals surface area contributed by atoms with E-state index >= 15 is 0 Å². The lowest BCUT2D eigenvalue weighted by Crippen LogP contribution is -2.07. The molecule has 0 spiro atoms. The van der Waals surface area contributed by atoms with Crippen LogP contribution in [-0.2, 0) is 13.2 Å². The zero-order valence-electron chi connectivity index (χ0n) is 13.4. The number of methoxy groups -OCH3 is 1. The van der Waals surface area contributed by atoms with Crippen LogP contribution >= 0.6 is 0 Å². The smallest absolute Gasteiger partial charge is 0.129 e. The zero-order chi connectivity index (χ0) is 15.8. The van der Waals surface area contributed by atoms with Gasteiger partial charge in [0.1, 0.15) is 18.1 Å². The van der Waals surface area contributed by atoms with Gasteiger partial charge in [-0.3, -0.25) is 0 Å². The highest BCUT2D eigenvalue weighted by atomic mass is 16.5. The average Bonchev–Trinajstić information content (AvgIpc) is 3.01. The van der Waals surface area contributed by atoms with E-state index in [9.17, 15) is 0 Å². The number of para-hydroxylation sites is 1. The molecule has 0 radical (unpaired) electrons. The van der Waals surface area contributed by atoms with Crippen LogP contribution in [-0.4, -0.2) is 11.7 Å². The van der Waals surface area contributed by atoms with Gasteiger partial charge in [-0.25, -0.2) is 0 Å². The van der Waals surface area contributed by atoms with Gasteiger partial charge in [-0.05, 0) is 55.0 Å². The number of nitrogens with zero attached hydrogens (tertiary/aromatic N) is 1. The summed E-state index contributed by atoms with van der Waals surface area (Å²) in [5, 5.41) is 0. The largest absolute Gasteiger partial charge is 0.497 e. The first-order valence-electron chi connectivity index (χ1n) is 7.91. The first kappa shape index (κ1) is 13.9. The molecule has 1 aliphatic rings. The van der Waals surface area contributed by atoms with Gasteiger partial charge >= 0.3 is 0 Å². The van der Waals surface area contributed by atoms with Crippen LogP contribution in [0, 0.1) is 0 Å². The monoisotopic (exact) mass is 305 g/mol. The number of rotatable bonds is 3. The van der Waals surface area contributed by atoms with Crippen molar-refractivity contribution in [2.75, 3.05) is 7.11 Å². The van der Waals surface area contributed by atoms with Crippen LogP contribution in [0.25, 0.3) is 22.5 Å². The van der Waals surface area contributed by atoms with Crippen molar-refractivity contribution in [1.29, 1.82) is 0 Å². The minimum absolute atomic E-state index is 0.627. The Kier molecular flexibility index (Phi) is 3.34. The molecule has 116 valence electrons. The number of fused-ring (bicyclic) bond motifs is 3. The Bertz CT molecular complexity index is 847. The third-order valence-electron chi connectivity index (χ3n) is 4.40. The predicted molar refractivity (Wildman–Crippen MR) is 91.9 cm³/mol. The van der Waals surface area contributed by atoms with Gasteiger partial charge in [-0.15, -0.1) is 0 Å². The number of ether oxygens (including phenoxy) is 2. The SMILES string of the molecule is CCn1c(-c2ccc(OC)cc2)cc2c1-c1ccccc1OC2. The summed E-state index contributed by atoms with van der Waals surface area (Å²) in [6.07, 6.45) is 0. The van der Waals surface area contributed by atoms with Crippen molar-refractivity contribution in [3.63, 3.8) is 0 Å². The van der Waals surface area contributed by atoms with E-state index in [1.807, 2.05) is 24.3 Å². The fourth-order valence-corrected chi connectivity index (χ4v) is 3.31. The highest BCUT2D eigenvalue weighted by molar-refractivity contribution is 5.78. The lowest BCUT2D eigenvalue weighted by atomic mass is 10.0. The Morgan fingerprint density at radius 2 is 1.87 bits per heavy atom. The van der Waals surface area contributed by atoms with Gasteiger partial charge in [-0.1, -0.05) is 12.1 Å². The summed E-state index contributed by atoms with van der Waals surface area (Å²) in [5.74, 6) is 1.84. The highest BCUT2D eigenvalue weighted by Gasteiger charge is 2.23. The van der Waals surface area contributed by atoms with E-state index in [4.69, 9.17) is 9.47 Å². The first-order valence-corrected chi connectivity index (χ1v) is 7.91. The molecule has 0 saturated heterocycles. The normalized spacial score (nSPS) is 12.3. The van der Waals surface area contributed by atoms with Crippen LogP contribution in [0.2, 0.25) is 0 Å². The van der Waals surface area contributed by atoms with Crippen molar-refractivity contribution in [2.45, 2.75) is 20.1 Å². The lowest BCUT2D eigenvalue weighted by Gasteiger charge is -2.20. The molecule has 0 saturated carbocycles. The summed E-state index contributed by atoms with van der Waals surface area (Å²) in [4.78, 5) is 0. The molecule has 0 unspecified atom stereocenters. The molecule has 2 heterocycles. The van der Waals surface area contributed by atoms with Crippen LogP contribution in [0.1, 0.15) is 12.5 Å². The van der Waals surface area contributed by atoms with Crippen LogP contribution in [0.5, 0.6) is 11.5 Å². The molecule has 0 aliphatic carbocycles. The van der Waals surface area contributed by atoms with E-state index in [-0.39, 0.29) is 0 Å². The molecule has 0 fully saturated rings. The molecule has 0 amide bonds. The second kappa shape index (κ2) is 5.51.